The Balaban J connectivity index is 2.36. The number of nitrogens with zero attached hydrogens (tertiary/aromatic N) is 1. The Bertz CT molecular complexity index is 417. The minimum atomic E-state index is -0.0708. The van der Waals surface area contributed by atoms with E-state index in [1.165, 1.54) is 0 Å². The molecule has 0 radical (unpaired) electrons. The number of ether oxygens (including phenoxy) is 1. The van der Waals surface area contributed by atoms with E-state index >= 15 is 0 Å². The van der Waals surface area contributed by atoms with Crippen molar-refractivity contribution in [3.63, 3.8) is 0 Å². The number of carbonyl (C=O) groups excluding carboxylic acids is 1. The molecule has 1 saturated heterocycles. The maximum Gasteiger partial charge on any atom is 0.228 e. The minimum absolute atomic E-state index is 0.0645. The predicted molar refractivity (Wildman–Crippen MR) is 62.7 cm³/mol. The fourth-order valence-corrected chi connectivity index (χ4v) is 1.98. The lowest BCUT2D eigenvalue weighted by atomic mass is 10.2. The molecule has 1 heterocycles. The van der Waals surface area contributed by atoms with Crippen molar-refractivity contribution in [2.45, 2.75) is 19.4 Å². The van der Waals surface area contributed by atoms with Crippen LogP contribution in [0.4, 0.5) is 5.69 Å². The number of hydrogen-bond acceptors (Lipinski definition) is 3. The molecule has 2 rings (SSSR count). The van der Waals surface area contributed by atoms with E-state index in [4.69, 9.17) is 10.5 Å². The Morgan fingerprint density at radius 3 is 2.81 bits per heavy atom. The molecule has 0 saturated carbocycles. The monoisotopic (exact) mass is 220 g/mol. The number of rotatable bonds is 2. The highest BCUT2D eigenvalue weighted by Crippen LogP contribution is 2.31. The van der Waals surface area contributed by atoms with E-state index in [1.807, 2.05) is 25.1 Å². The van der Waals surface area contributed by atoms with Crippen LogP contribution in [0, 0.1) is 6.92 Å². The van der Waals surface area contributed by atoms with Crippen molar-refractivity contribution >= 4 is 11.6 Å². The molecule has 1 unspecified atom stereocenters. The molecule has 1 aliphatic rings. The Kier molecular flexibility index (Phi) is 2.83. The number of hydrogen-bond donors (Lipinski definition) is 1. The Morgan fingerprint density at radius 1 is 1.50 bits per heavy atom. The van der Waals surface area contributed by atoms with Gasteiger partial charge in [0.25, 0.3) is 0 Å². The molecular formula is C12H16N2O2. The average molecular weight is 220 g/mol. The van der Waals surface area contributed by atoms with Crippen LogP contribution in [0.1, 0.15) is 12.0 Å². The quantitative estimate of drug-likeness (QED) is 0.811. The van der Waals surface area contributed by atoms with E-state index in [0.717, 1.165) is 17.0 Å². The zero-order valence-corrected chi connectivity index (χ0v) is 9.56. The first-order chi connectivity index (χ1) is 7.61. The molecule has 1 atom stereocenters. The summed E-state index contributed by atoms with van der Waals surface area (Å²) in [5, 5.41) is 0. The lowest BCUT2D eigenvalue weighted by Crippen LogP contribution is -2.28. The van der Waals surface area contributed by atoms with Gasteiger partial charge in [0.2, 0.25) is 5.91 Å². The highest BCUT2D eigenvalue weighted by Gasteiger charge is 2.29. The number of methoxy groups -OCH3 is 1. The summed E-state index contributed by atoms with van der Waals surface area (Å²) in [5.74, 6) is 0.789. The predicted octanol–water partition coefficient (Wildman–Crippen LogP) is 1.07. The van der Waals surface area contributed by atoms with Gasteiger partial charge in [0.15, 0.2) is 0 Å². The molecule has 4 heteroatoms. The summed E-state index contributed by atoms with van der Waals surface area (Å²) in [7, 11) is 1.61. The molecule has 1 fully saturated rings. The van der Waals surface area contributed by atoms with Crippen LogP contribution in [-0.4, -0.2) is 25.6 Å². The van der Waals surface area contributed by atoms with E-state index < -0.39 is 0 Å². The van der Waals surface area contributed by atoms with E-state index in [0.29, 0.717) is 13.0 Å². The van der Waals surface area contributed by atoms with Gasteiger partial charge in [0, 0.05) is 19.0 Å². The van der Waals surface area contributed by atoms with Gasteiger partial charge in [-0.15, -0.1) is 0 Å². The number of anilines is 1. The molecule has 16 heavy (non-hydrogen) atoms. The van der Waals surface area contributed by atoms with Gasteiger partial charge in [-0.1, -0.05) is 6.07 Å². The molecule has 0 aromatic heterocycles. The van der Waals surface area contributed by atoms with Crippen molar-refractivity contribution in [3.8, 4) is 5.75 Å². The third kappa shape index (κ3) is 1.88. The summed E-state index contributed by atoms with van der Waals surface area (Å²) < 4.78 is 5.29. The third-order valence-corrected chi connectivity index (χ3v) is 2.78. The zero-order valence-electron chi connectivity index (χ0n) is 9.56. The molecule has 0 aliphatic carbocycles. The van der Waals surface area contributed by atoms with Gasteiger partial charge in [-0.05, 0) is 24.6 Å². The van der Waals surface area contributed by atoms with Gasteiger partial charge in [0.1, 0.15) is 5.75 Å². The zero-order chi connectivity index (χ0) is 11.7. The second-order valence-corrected chi connectivity index (χ2v) is 4.14. The molecule has 1 aliphatic heterocycles. The third-order valence-electron chi connectivity index (χ3n) is 2.78. The highest BCUT2D eigenvalue weighted by atomic mass is 16.5. The molecule has 0 spiro atoms. The molecule has 0 bridgehead atoms. The van der Waals surface area contributed by atoms with Crippen molar-refractivity contribution in [1.82, 2.24) is 0 Å². The summed E-state index contributed by atoms with van der Waals surface area (Å²) in [5.41, 5.74) is 7.69. The Hall–Kier alpha value is -1.55. The molecule has 2 N–H and O–H groups in total. The van der Waals surface area contributed by atoms with Crippen LogP contribution in [0.25, 0.3) is 0 Å². The SMILES string of the molecule is COc1cc(C)ccc1N1CC(N)CC1=O. The number of nitrogens with two attached hydrogens (primary N) is 1. The summed E-state index contributed by atoms with van der Waals surface area (Å²) in [6.07, 6.45) is 0.414. The van der Waals surface area contributed by atoms with Crippen LogP contribution >= 0.6 is 0 Å². The van der Waals surface area contributed by atoms with Gasteiger partial charge < -0.3 is 15.4 Å². The van der Waals surface area contributed by atoms with Crippen molar-refractivity contribution in [1.29, 1.82) is 0 Å². The van der Waals surface area contributed by atoms with Crippen molar-refractivity contribution in [3.05, 3.63) is 23.8 Å². The Labute approximate surface area is 95.0 Å². The molecule has 1 amide bonds. The summed E-state index contributed by atoms with van der Waals surface area (Å²) in [6, 6.07) is 5.73. The highest BCUT2D eigenvalue weighted by molar-refractivity contribution is 5.97. The first-order valence-corrected chi connectivity index (χ1v) is 5.32. The van der Waals surface area contributed by atoms with Crippen molar-refractivity contribution in [2.75, 3.05) is 18.6 Å². The van der Waals surface area contributed by atoms with Crippen LogP contribution < -0.4 is 15.4 Å². The maximum absolute atomic E-state index is 11.7. The summed E-state index contributed by atoms with van der Waals surface area (Å²) in [6.45, 7) is 2.56. The summed E-state index contributed by atoms with van der Waals surface area (Å²) >= 11 is 0. The number of benzene rings is 1. The second kappa shape index (κ2) is 4.14. The van der Waals surface area contributed by atoms with Crippen LogP contribution in [0.15, 0.2) is 18.2 Å². The smallest absolute Gasteiger partial charge is 0.228 e. The molecule has 1 aromatic rings. The summed E-state index contributed by atoms with van der Waals surface area (Å²) in [4.78, 5) is 13.4. The van der Waals surface area contributed by atoms with E-state index in [-0.39, 0.29) is 11.9 Å². The average Bonchev–Trinajstić information content (AvgIpc) is 2.57. The first-order valence-electron chi connectivity index (χ1n) is 5.32. The van der Waals surface area contributed by atoms with E-state index in [9.17, 15) is 4.79 Å². The second-order valence-electron chi connectivity index (χ2n) is 4.14. The molecular weight excluding hydrogens is 204 g/mol. The normalized spacial score (nSPS) is 20.3. The van der Waals surface area contributed by atoms with Crippen LogP contribution in [-0.2, 0) is 4.79 Å². The number of amides is 1. The van der Waals surface area contributed by atoms with Gasteiger partial charge >= 0.3 is 0 Å². The molecule has 1 aromatic carbocycles. The lowest BCUT2D eigenvalue weighted by Gasteiger charge is -2.19. The van der Waals surface area contributed by atoms with Gasteiger partial charge in [0.05, 0.1) is 12.8 Å². The van der Waals surface area contributed by atoms with E-state index in [1.54, 1.807) is 12.0 Å². The molecule has 4 nitrogen and oxygen atoms in total. The van der Waals surface area contributed by atoms with Crippen molar-refractivity contribution < 1.29 is 9.53 Å². The minimum Gasteiger partial charge on any atom is -0.495 e. The molecule has 86 valence electrons. The standard InChI is InChI=1S/C12H16N2O2/c1-8-3-4-10(11(5-8)16-2)14-7-9(13)6-12(14)15/h3-5,9H,6-7,13H2,1-2H3. The van der Waals surface area contributed by atoms with Gasteiger partial charge in [-0.2, -0.15) is 0 Å². The largest absolute Gasteiger partial charge is 0.495 e. The van der Waals surface area contributed by atoms with Gasteiger partial charge in [-0.25, -0.2) is 0 Å². The van der Waals surface area contributed by atoms with Gasteiger partial charge in [-0.3, -0.25) is 4.79 Å². The fraction of sp³-hybridized carbons (Fsp3) is 0.417. The topological polar surface area (TPSA) is 55.6 Å². The lowest BCUT2D eigenvalue weighted by molar-refractivity contribution is -0.117. The number of aryl methyl sites for hydroxylation is 1. The fourth-order valence-electron chi connectivity index (χ4n) is 1.98. The van der Waals surface area contributed by atoms with Crippen LogP contribution in [0.2, 0.25) is 0 Å². The van der Waals surface area contributed by atoms with Crippen LogP contribution in [0.3, 0.4) is 0 Å². The Morgan fingerprint density at radius 2 is 2.25 bits per heavy atom. The number of carbonyl (C=O) groups is 1. The van der Waals surface area contributed by atoms with E-state index in [2.05, 4.69) is 0 Å². The maximum atomic E-state index is 11.7. The van der Waals surface area contributed by atoms with Crippen LogP contribution in [0.5, 0.6) is 5.75 Å². The first kappa shape index (κ1) is 11.0. The van der Waals surface area contributed by atoms with Crippen molar-refractivity contribution in [2.24, 2.45) is 5.73 Å².